The topological polar surface area (TPSA) is 85.3 Å². The van der Waals surface area contributed by atoms with Gasteiger partial charge in [0.15, 0.2) is 0 Å². The maximum absolute atomic E-state index is 13.1. The smallest absolute Gasteiger partial charge is 0.440 e. The van der Waals surface area contributed by atoms with Crippen LogP contribution in [0.3, 0.4) is 0 Å². The van der Waals surface area contributed by atoms with Gasteiger partial charge in [-0.05, 0) is 38.8 Å². The number of ketones is 1. The maximum atomic E-state index is 13.1. The van der Waals surface area contributed by atoms with E-state index in [0.29, 0.717) is 16.1 Å². The SMILES string of the molecule is CC(C)OC(=O)N(/N=C1/C(=O)c2ccccc2-c2ccccc21)C(=O)OC(C)C. The molecular weight excluding hydrogens is 372 g/mol. The molecule has 0 fully saturated rings. The van der Waals surface area contributed by atoms with Crippen molar-refractivity contribution in [3.63, 3.8) is 0 Å². The number of hydrogen-bond acceptors (Lipinski definition) is 6. The minimum absolute atomic E-state index is 0.0271. The fourth-order valence-corrected chi connectivity index (χ4v) is 2.95. The van der Waals surface area contributed by atoms with Crippen LogP contribution in [0.4, 0.5) is 9.59 Å². The van der Waals surface area contributed by atoms with Gasteiger partial charge in [-0.15, -0.1) is 0 Å². The van der Waals surface area contributed by atoms with Gasteiger partial charge in [0.05, 0.1) is 12.2 Å². The van der Waals surface area contributed by atoms with Crippen LogP contribution in [0.2, 0.25) is 0 Å². The zero-order valence-electron chi connectivity index (χ0n) is 16.7. The van der Waals surface area contributed by atoms with E-state index in [4.69, 9.17) is 9.47 Å². The molecule has 0 spiro atoms. The fourth-order valence-electron chi connectivity index (χ4n) is 2.95. The van der Waals surface area contributed by atoms with E-state index < -0.39 is 24.4 Å². The molecule has 0 unspecified atom stereocenters. The van der Waals surface area contributed by atoms with Crippen LogP contribution in [0.15, 0.2) is 53.6 Å². The number of rotatable bonds is 3. The lowest BCUT2D eigenvalue weighted by atomic mass is 9.83. The molecule has 2 aromatic carbocycles. The second kappa shape index (κ2) is 8.26. The molecule has 1 aliphatic carbocycles. The number of ether oxygens (including phenoxy) is 2. The van der Waals surface area contributed by atoms with Gasteiger partial charge < -0.3 is 9.47 Å². The number of hydrogen-bond donors (Lipinski definition) is 0. The highest BCUT2D eigenvalue weighted by atomic mass is 16.6. The third kappa shape index (κ3) is 4.18. The average Bonchev–Trinajstić information content (AvgIpc) is 2.66. The van der Waals surface area contributed by atoms with Crippen molar-refractivity contribution in [2.45, 2.75) is 39.9 Å². The fraction of sp³-hybridized carbons (Fsp3) is 0.273. The number of imide groups is 1. The number of hydrazone groups is 1. The first-order chi connectivity index (χ1) is 13.8. The van der Waals surface area contributed by atoms with Crippen molar-refractivity contribution in [3.05, 3.63) is 59.7 Å². The van der Waals surface area contributed by atoms with Crippen molar-refractivity contribution >= 4 is 23.7 Å². The van der Waals surface area contributed by atoms with Crippen LogP contribution in [0.5, 0.6) is 0 Å². The molecule has 150 valence electrons. The Morgan fingerprint density at radius 3 is 1.66 bits per heavy atom. The Labute approximate surface area is 168 Å². The summed E-state index contributed by atoms with van der Waals surface area (Å²) in [5.74, 6) is -0.390. The van der Waals surface area contributed by atoms with Crippen molar-refractivity contribution < 1.29 is 23.9 Å². The van der Waals surface area contributed by atoms with Crippen LogP contribution in [0, 0.1) is 0 Å². The Kier molecular flexibility index (Phi) is 5.77. The number of Topliss-reactive ketones (excluding diaryl/α,β-unsaturated/α-hetero) is 1. The van der Waals surface area contributed by atoms with Gasteiger partial charge in [0.2, 0.25) is 5.78 Å². The lowest BCUT2D eigenvalue weighted by Gasteiger charge is -2.23. The average molecular weight is 394 g/mol. The van der Waals surface area contributed by atoms with Gasteiger partial charge in [-0.25, -0.2) is 9.59 Å². The second-order valence-electron chi connectivity index (χ2n) is 7.05. The summed E-state index contributed by atoms with van der Waals surface area (Å²) in [5, 5.41) is 4.58. The van der Waals surface area contributed by atoms with E-state index in [2.05, 4.69) is 5.10 Å². The first kappa shape index (κ1) is 20.3. The van der Waals surface area contributed by atoms with Crippen LogP contribution in [-0.4, -0.2) is 40.9 Å². The van der Waals surface area contributed by atoms with E-state index in [9.17, 15) is 14.4 Å². The molecule has 2 amide bonds. The van der Waals surface area contributed by atoms with E-state index in [1.807, 2.05) is 24.3 Å². The summed E-state index contributed by atoms with van der Waals surface area (Å²) in [6, 6.07) is 14.3. The Morgan fingerprint density at radius 2 is 1.17 bits per heavy atom. The first-order valence-electron chi connectivity index (χ1n) is 9.33. The standard InChI is InChI=1S/C22H22N2O5/c1-13(2)28-21(26)24(22(27)29-14(3)4)23-19-17-11-7-5-9-15(17)16-10-6-8-12-18(16)20(19)25/h5-14H,1-4H3/b23-19+. The normalized spacial score (nSPS) is 13.9. The quantitative estimate of drug-likeness (QED) is 0.708. The monoisotopic (exact) mass is 394 g/mol. The third-order valence-electron chi connectivity index (χ3n) is 4.08. The highest BCUT2D eigenvalue weighted by molar-refractivity contribution is 6.55. The zero-order chi connectivity index (χ0) is 21.1. The predicted octanol–water partition coefficient (Wildman–Crippen LogP) is 4.65. The van der Waals surface area contributed by atoms with Crippen LogP contribution < -0.4 is 0 Å². The number of amides is 2. The number of carbonyl (C=O) groups excluding carboxylic acids is 3. The molecule has 1 aliphatic rings. The van der Waals surface area contributed by atoms with Crippen molar-refractivity contribution in [2.24, 2.45) is 5.10 Å². The highest BCUT2D eigenvalue weighted by Crippen LogP contribution is 2.33. The van der Waals surface area contributed by atoms with Gasteiger partial charge in [-0.1, -0.05) is 53.5 Å². The van der Waals surface area contributed by atoms with Crippen LogP contribution in [0.1, 0.15) is 43.6 Å². The van der Waals surface area contributed by atoms with Crippen molar-refractivity contribution in [2.75, 3.05) is 0 Å². The summed E-state index contributed by atoms with van der Waals surface area (Å²) in [5.41, 5.74) is 2.50. The summed E-state index contributed by atoms with van der Waals surface area (Å²) in [6.45, 7) is 6.59. The zero-order valence-corrected chi connectivity index (χ0v) is 16.7. The molecule has 7 heteroatoms. The van der Waals surface area contributed by atoms with Gasteiger partial charge in [-0.3, -0.25) is 4.79 Å². The molecule has 0 bridgehead atoms. The van der Waals surface area contributed by atoms with Crippen molar-refractivity contribution in [3.8, 4) is 11.1 Å². The summed E-state index contributed by atoms with van der Waals surface area (Å²) in [6.07, 6.45) is -2.98. The third-order valence-corrected chi connectivity index (χ3v) is 4.08. The number of nitrogens with zero attached hydrogens (tertiary/aromatic N) is 2. The maximum Gasteiger partial charge on any atom is 0.440 e. The van der Waals surface area contributed by atoms with Gasteiger partial charge in [0, 0.05) is 11.1 Å². The second-order valence-corrected chi connectivity index (χ2v) is 7.05. The van der Waals surface area contributed by atoms with Gasteiger partial charge in [0.1, 0.15) is 5.71 Å². The molecule has 0 radical (unpaired) electrons. The number of fused-ring (bicyclic) bond motifs is 3. The highest BCUT2D eigenvalue weighted by Gasteiger charge is 2.33. The Balaban J connectivity index is 2.13. The molecule has 0 aromatic heterocycles. The van der Waals surface area contributed by atoms with E-state index in [1.54, 1.807) is 52.0 Å². The molecular formula is C22H22N2O5. The Morgan fingerprint density at radius 1 is 0.759 bits per heavy atom. The van der Waals surface area contributed by atoms with E-state index in [-0.39, 0.29) is 11.5 Å². The van der Waals surface area contributed by atoms with Crippen LogP contribution in [-0.2, 0) is 9.47 Å². The van der Waals surface area contributed by atoms with E-state index >= 15 is 0 Å². The van der Waals surface area contributed by atoms with Gasteiger partial charge >= 0.3 is 12.2 Å². The number of benzene rings is 2. The molecule has 2 aromatic rings. The Hall–Kier alpha value is -3.48. The minimum atomic E-state index is -1.01. The Bertz CT molecular complexity index is 972. The molecule has 29 heavy (non-hydrogen) atoms. The van der Waals surface area contributed by atoms with Crippen LogP contribution in [0.25, 0.3) is 11.1 Å². The van der Waals surface area contributed by atoms with Crippen LogP contribution >= 0.6 is 0 Å². The lowest BCUT2D eigenvalue weighted by Crippen LogP contribution is -2.38. The molecule has 3 rings (SSSR count). The molecule has 0 aliphatic heterocycles. The molecule has 0 saturated carbocycles. The summed E-state index contributed by atoms with van der Waals surface area (Å²) in [4.78, 5) is 38.1. The van der Waals surface area contributed by atoms with Crippen molar-refractivity contribution in [1.29, 1.82) is 0 Å². The summed E-state index contributed by atoms with van der Waals surface area (Å²) >= 11 is 0. The van der Waals surface area contributed by atoms with E-state index in [0.717, 1.165) is 11.1 Å². The lowest BCUT2D eigenvalue weighted by molar-refractivity contribution is 0.0517. The van der Waals surface area contributed by atoms with Gasteiger partial charge in [-0.2, -0.15) is 5.10 Å². The minimum Gasteiger partial charge on any atom is -0.445 e. The summed E-state index contributed by atoms with van der Waals surface area (Å²) in [7, 11) is 0. The number of carbonyl (C=O) groups is 3. The molecule has 7 nitrogen and oxygen atoms in total. The molecule has 0 N–H and O–H groups in total. The molecule has 0 heterocycles. The molecule has 0 saturated heterocycles. The van der Waals surface area contributed by atoms with Crippen molar-refractivity contribution in [1.82, 2.24) is 5.01 Å². The van der Waals surface area contributed by atoms with Gasteiger partial charge in [0.25, 0.3) is 0 Å². The largest absolute Gasteiger partial charge is 0.445 e. The van der Waals surface area contributed by atoms with E-state index in [1.165, 1.54) is 0 Å². The first-order valence-corrected chi connectivity index (χ1v) is 9.33. The summed E-state index contributed by atoms with van der Waals surface area (Å²) < 4.78 is 10.2. The predicted molar refractivity (Wildman–Crippen MR) is 108 cm³/mol. The molecule has 0 atom stereocenters.